The van der Waals surface area contributed by atoms with E-state index in [0.29, 0.717) is 29.8 Å². The highest BCUT2D eigenvalue weighted by Gasteiger charge is 2.53. The van der Waals surface area contributed by atoms with Crippen molar-refractivity contribution in [3.05, 3.63) is 41.1 Å². The number of phosphoric ester groups is 1. The fourth-order valence-corrected chi connectivity index (χ4v) is 7.80. The number of anilines is 1. The van der Waals surface area contributed by atoms with Gasteiger partial charge >= 0.3 is 16.1 Å². The summed E-state index contributed by atoms with van der Waals surface area (Å²) in [5, 5.41) is 34.0. The van der Waals surface area contributed by atoms with Crippen LogP contribution in [0, 0.1) is 0 Å². The number of phosphoric acid groups is 1. The molecule has 0 radical (unpaired) electrons. The zero-order valence-corrected chi connectivity index (χ0v) is 27.6. The Bertz CT molecular complexity index is 2010. The second kappa shape index (κ2) is 14.0. The van der Waals surface area contributed by atoms with Gasteiger partial charge in [-0.05, 0) is 18.4 Å². The van der Waals surface area contributed by atoms with Gasteiger partial charge < -0.3 is 39.6 Å². The Morgan fingerprint density at radius 3 is 2.64 bits per heavy atom. The molecule has 2 fully saturated rings. The summed E-state index contributed by atoms with van der Waals surface area (Å²) < 4.78 is 71.3. The SMILES string of the molecule is O=c1c2ncn([C@@H]3O[C@H](COP(=O)(O)O[C@H]4[C@@H](F)[C@H](n5cc6c7c(ncnc75)NCCC6)O[C@@H]4CO)[C@@H](O)[C@H]3O[P+](=O)O)c2ncn1CCO. The Morgan fingerprint density at radius 1 is 1.08 bits per heavy atom. The minimum atomic E-state index is -5.17. The van der Waals surface area contributed by atoms with Crippen molar-refractivity contribution in [1.82, 2.24) is 33.6 Å². The maximum Gasteiger partial charge on any atom is 0.695 e. The normalized spacial score (nSPS) is 29.7. The third-order valence-corrected chi connectivity index (χ3v) is 10.1. The van der Waals surface area contributed by atoms with E-state index in [-0.39, 0.29) is 24.3 Å². The number of hydrogen-bond donors (Lipinski definition) is 6. The van der Waals surface area contributed by atoms with E-state index in [2.05, 4.69) is 25.3 Å². The van der Waals surface area contributed by atoms with Crippen LogP contribution in [-0.4, -0.2) is 122 Å². The molecule has 0 amide bonds. The first-order valence-corrected chi connectivity index (χ1v) is 18.0. The van der Waals surface area contributed by atoms with Crippen LogP contribution < -0.4 is 10.9 Å². The van der Waals surface area contributed by atoms with E-state index in [1.807, 2.05) is 0 Å². The molecule has 270 valence electrons. The molecule has 0 aromatic carbocycles. The molecule has 0 aliphatic carbocycles. The summed E-state index contributed by atoms with van der Waals surface area (Å²) in [5.74, 6) is 0.574. The van der Waals surface area contributed by atoms with Crippen LogP contribution in [0.2, 0.25) is 0 Å². The summed E-state index contributed by atoms with van der Waals surface area (Å²) in [6.45, 7) is -1.36. The zero-order valence-electron chi connectivity index (χ0n) is 25.8. The lowest BCUT2D eigenvalue weighted by Crippen LogP contribution is -2.35. The molecule has 7 rings (SSSR count). The average molecular weight is 746 g/mol. The van der Waals surface area contributed by atoms with Crippen molar-refractivity contribution >= 4 is 44.1 Å². The van der Waals surface area contributed by atoms with Gasteiger partial charge in [-0.25, -0.2) is 28.9 Å². The Balaban J connectivity index is 1.07. The van der Waals surface area contributed by atoms with Crippen molar-refractivity contribution in [2.45, 2.75) is 68.5 Å². The van der Waals surface area contributed by atoms with Crippen LogP contribution in [0.3, 0.4) is 0 Å². The second-order valence-electron chi connectivity index (χ2n) is 11.7. The number of fused-ring (bicyclic) bond motifs is 1. The highest BCUT2D eigenvalue weighted by Crippen LogP contribution is 2.50. The first-order valence-electron chi connectivity index (χ1n) is 15.3. The first-order chi connectivity index (χ1) is 24.0. The van der Waals surface area contributed by atoms with Gasteiger partial charge in [-0.2, -0.15) is 0 Å². The van der Waals surface area contributed by atoms with Crippen molar-refractivity contribution in [1.29, 1.82) is 0 Å². The second-order valence-corrected chi connectivity index (χ2v) is 13.8. The van der Waals surface area contributed by atoms with Crippen LogP contribution in [0.1, 0.15) is 24.4 Å². The molecule has 10 atom stereocenters. The lowest BCUT2D eigenvalue weighted by atomic mass is 10.1. The van der Waals surface area contributed by atoms with E-state index in [0.717, 1.165) is 33.8 Å². The summed E-state index contributed by atoms with van der Waals surface area (Å²) in [4.78, 5) is 49.6. The maximum absolute atomic E-state index is 16.0. The summed E-state index contributed by atoms with van der Waals surface area (Å²) in [7, 11) is -8.48. The molecule has 4 aromatic heterocycles. The molecule has 24 heteroatoms. The van der Waals surface area contributed by atoms with Crippen molar-refractivity contribution in [2.75, 3.05) is 31.7 Å². The zero-order chi connectivity index (χ0) is 35.3. The third kappa shape index (κ3) is 6.35. The van der Waals surface area contributed by atoms with Crippen LogP contribution in [0.25, 0.3) is 22.2 Å². The van der Waals surface area contributed by atoms with Crippen molar-refractivity contribution in [2.24, 2.45) is 0 Å². The monoisotopic (exact) mass is 745 g/mol. The molecule has 2 saturated heterocycles. The lowest BCUT2D eigenvalue weighted by Gasteiger charge is -2.22. The average Bonchev–Trinajstić information content (AvgIpc) is 3.79. The Morgan fingerprint density at radius 2 is 1.88 bits per heavy atom. The number of nitrogens with zero attached hydrogens (tertiary/aromatic N) is 7. The molecular weight excluding hydrogens is 713 g/mol. The summed E-state index contributed by atoms with van der Waals surface area (Å²) in [5.41, 5.74) is 0.391. The molecule has 6 N–H and O–H groups in total. The van der Waals surface area contributed by atoms with E-state index >= 15 is 4.39 Å². The molecule has 3 aliphatic heterocycles. The minimum Gasteiger partial charge on any atom is -0.395 e. The van der Waals surface area contributed by atoms with Gasteiger partial charge in [0.05, 0.1) is 38.1 Å². The number of aromatic nitrogens is 7. The third-order valence-electron chi connectivity index (χ3n) is 8.67. The number of ether oxygens (including phenoxy) is 2. The summed E-state index contributed by atoms with van der Waals surface area (Å²) >= 11 is 0. The van der Waals surface area contributed by atoms with E-state index in [1.54, 1.807) is 6.20 Å². The highest BCUT2D eigenvalue weighted by atomic mass is 31.2. The van der Waals surface area contributed by atoms with Crippen LogP contribution in [0.15, 0.2) is 30.0 Å². The Kier molecular flexibility index (Phi) is 9.80. The van der Waals surface area contributed by atoms with Crippen LogP contribution in [-0.2, 0) is 45.1 Å². The van der Waals surface area contributed by atoms with Gasteiger partial charge in [0.2, 0.25) is 0 Å². The fourth-order valence-electron chi connectivity index (χ4n) is 6.40. The van der Waals surface area contributed by atoms with Crippen LogP contribution in [0.5, 0.6) is 0 Å². The van der Waals surface area contributed by atoms with Gasteiger partial charge in [0.1, 0.15) is 48.5 Å². The smallest absolute Gasteiger partial charge is 0.395 e. The quantitative estimate of drug-likeness (QED) is 0.0989. The van der Waals surface area contributed by atoms with Crippen LogP contribution in [0.4, 0.5) is 10.2 Å². The molecule has 0 saturated carbocycles. The fraction of sp³-hybridized carbons (Fsp3) is 0.577. The van der Waals surface area contributed by atoms with Crippen LogP contribution >= 0.6 is 16.1 Å². The lowest BCUT2D eigenvalue weighted by molar-refractivity contribution is -0.0575. The standard InChI is InChI=1S/C26H31FN8O13P2/c27-16-19(13(7-37)45-25(16)34-6-12-2-1-3-28-21-15(12)22(34)30-9-29-21)48-50(42,43)44-8-14-18(38)20(47-49(40)41)26(46-14)35-11-31-17-23(35)32-10-33(4-5-36)24(17)39/h6,9-11,13-14,16,18-20,25-26,36-38H,1-5,7-8H2,(H2-,28,29,30,40,41,42,43)/p+1/t13-,14-,16-,18-,19-,20-,25-,26-/m1/s1. The predicted octanol–water partition coefficient (Wildman–Crippen LogP) is -0.588. The Labute approximate surface area is 280 Å². The van der Waals surface area contributed by atoms with Gasteiger partial charge in [0.15, 0.2) is 35.9 Å². The molecule has 0 bridgehead atoms. The predicted molar refractivity (Wildman–Crippen MR) is 164 cm³/mol. The van der Waals surface area contributed by atoms with E-state index in [9.17, 15) is 39.0 Å². The van der Waals surface area contributed by atoms with E-state index < -0.39 is 84.0 Å². The highest BCUT2D eigenvalue weighted by molar-refractivity contribution is 7.47. The largest absolute Gasteiger partial charge is 0.695 e. The number of alkyl halides is 1. The topological polar surface area (TPSA) is 277 Å². The molecule has 2 unspecified atom stereocenters. The van der Waals surface area contributed by atoms with Crippen molar-refractivity contribution < 1.29 is 61.7 Å². The molecule has 4 aromatic rings. The first kappa shape index (κ1) is 35.1. The Hall–Kier alpha value is -3.37. The summed E-state index contributed by atoms with van der Waals surface area (Å²) in [6.07, 6.45) is -6.29. The van der Waals surface area contributed by atoms with Crippen molar-refractivity contribution in [3.8, 4) is 0 Å². The van der Waals surface area contributed by atoms with Gasteiger partial charge in [-0.3, -0.25) is 23.0 Å². The van der Waals surface area contributed by atoms with Gasteiger partial charge in [-0.15, -0.1) is 9.42 Å². The number of imidazole rings is 1. The van der Waals surface area contributed by atoms with Gasteiger partial charge in [-0.1, -0.05) is 0 Å². The van der Waals surface area contributed by atoms with Gasteiger partial charge in [0, 0.05) is 17.3 Å². The van der Waals surface area contributed by atoms with E-state index in [1.165, 1.54) is 10.9 Å². The number of aliphatic hydroxyl groups excluding tert-OH is 3. The number of aliphatic hydroxyl groups is 3. The number of nitrogens with one attached hydrogen (secondary N) is 1. The number of aryl methyl sites for hydroxylation is 1. The number of rotatable bonds is 12. The number of hydrogen-bond acceptors (Lipinski definition) is 16. The molecule has 7 heterocycles. The summed E-state index contributed by atoms with van der Waals surface area (Å²) in [6, 6.07) is 0. The minimum absolute atomic E-state index is 0.0553. The van der Waals surface area contributed by atoms with Gasteiger partial charge in [0.25, 0.3) is 5.56 Å². The molecule has 3 aliphatic rings. The molecule has 50 heavy (non-hydrogen) atoms. The number of halogens is 1. The van der Waals surface area contributed by atoms with E-state index in [4.69, 9.17) is 23.0 Å². The maximum atomic E-state index is 16.0. The molecule has 0 spiro atoms. The molecular formula is C26H32FN8O13P2+. The molecule has 21 nitrogen and oxygen atoms in total. The van der Waals surface area contributed by atoms with Crippen molar-refractivity contribution in [3.63, 3.8) is 0 Å².